The van der Waals surface area contributed by atoms with E-state index in [1.807, 2.05) is 0 Å². The van der Waals surface area contributed by atoms with Gasteiger partial charge >= 0.3 is 0 Å². The predicted octanol–water partition coefficient (Wildman–Crippen LogP) is 3.71. The number of rotatable bonds is 5. The summed E-state index contributed by atoms with van der Waals surface area (Å²) in [4.78, 5) is 0.243. The van der Waals surface area contributed by atoms with Crippen molar-refractivity contribution in [1.82, 2.24) is 4.31 Å². The molecular weight excluding hydrogens is 408 g/mol. The molecule has 1 saturated heterocycles. The van der Waals surface area contributed by atoms with E-state index in [-0.39, 0.29) is 9.79 Å². The highest BCUT2D eigenvalue weighted by Gasteiger charge is 2.25. The van der Waals surface area contributed by atoms with Crippen LogP contribution in [0.3, 0.4) is 0 Å². The molecule has 1 heterocycles. The van der Waals surface area contributed by atoms with E-state index in [2.05, 4.69) is 4.72 Å². The average Bonchev–Trinajstić information content (AvgIpc) is 2.92. The number of benzene rings is 2. The molecule has 6 nitrogen and oxygen atoms in total. The molecule has 0 radical (unpaired) electrons. The molecule has 1 aliphatic heterocycles. The Morgan fingerprint density at radius 3 is 1.81 bits per heavy atom. The maximum Gasteiger partial charge on any atom is 0.261 e. The maximum absolute atomic E-state index is 12.8. The minimum absolute atomic E-state index is 0.0770. The molecule has 27 heavy (non-hydrogen) atoms. The fourth-order valence-electron chi connectivity index (χ4n) is 2.95. The third-order valence-electron chi connectivity index (χ3n) is 4.43. The second kappa shape index (κ2) is 8.18. The minimum atomic E-state index is -3.77. The van der Waals surface area contributed by atoms with Crippen LogP contribution < -0.4 is 4.72 Å². The van der Waals surface area contributed by atoms with Crippen molar-refractivity contribution in [3.05, 3.63) is 53.6 Å². The Bertz CT molecular complexity index is 981. The Balaban J connectivity index is 1.77. The third-order valence-corrected chi connectivity index (χ3v) is 8.00. The summed E-state index contributed by atoms with van der Waals surface area (Å²) in [6.45, 7) is 1.04. The third kappa shape index (κ3) is 4.82. The minimum Gasteiger partial charge on any atom is -0.280 e. The van der Waals surface area contributed by atoms with Crippen molar-refractivity contribution in [2.75, 3.05) is 17.8 Å². The van der Waals surface area contributed by atoms with E-state index in [4.69, 9.17) is 11.6 Å². The standard InChI is InChI=1S/C18H21ClN2O4S2/c19-15-5-9-17(10-6-15)26(22,23)20-16-7-11-18(12-8-16)27(24,25)21-13-3-1-2-4-14-21/h5-12,20H,1-4,13-14H2. The van der Waals surface area contributed by atoms with Crippen LogP contribution in [0.4, 0.5) is 5.69 Å². The van der Waals surface area contributed by atoms with E-state index in [0.29, 0.717) is 23.8 Å². The molecule has 0 bridgehead atoms. The lowest BCUT2D eigenvalue weighted by molar-refractivity contribution is 0.424. The molecule has 0 amide bonds. The van der Waals surface area contributed by atoms with Gasteiger partial charge in [0.1, 0.15) is 0 Å². The van der Waals surface area contributed by atoms with Crippen LogP contribution in [0.25, 0.3) is 0 Å². The number of nitrogens with zero attached hydrogens (tertiary/aromatic N) is 1. The predicted molar refractivity (Wildman–Crippen MR) is 106 cm³/mol. The molecule has 0 atom stereocenters. The summed E-state index contributed by atoms with van der Waals surface area (Å²) in [6.07, 6.45) is 3.80. The molecule has 0 aliphatic carbocycles. The van der Waals surface area contributed by atoms with Crippen LogP contribution >= 0.6 is 11.6 Å². The zero-order chi connectivity index (χ0) is 19.5. The Morgan fingerprint density at radius 1 is 0.741 bits per heavy atom. The SMILES string of the molecule is O=S(=O)(Nc1ccc(S(=O)(=O)N2CCCCCC2)cc1)c1ccc(Cl)cc1. The fraction of sp³-hybridized carbons (Fsp3) is 0.333. The van der Waals surface area contributed by atoms with Gasteiger partial charge in [0.05, 0.1) is 9.79 Å². The van der Waals surface area contributed by atoms with Crippen molar-refractivity contribution in [2.24, 2.45) is 0 Å². The van der Waals surface area contributed by atoms with Gasteiger partial charge in [0, 0.05) is 23.8 Å². The molecule has 2 aromatic carbocycles. The lowest BCUT2D eigenvalue weighted by Gasteiger charge is -2.20. The van der Waals surface area contributed by atoms with Gasteiger partial charge < -0.3 is 0 Å². The Kier molecular flexibility index (Phi) is 6.10. The van der Waals surface area contributed by atoms with E-state index in [9.17, 15) is 16.8 Å². The maximum atomic E-state index is 12.8. The number of halogens is 1. The fourth-order valence-corrected chi connectivity index (χ4v) is 5.66. The van der Waals surface area contributed by atoms with Gasteiger partial charge in [-0.1, -0.05) is 24.4 Å². The molecular formula is C18H21ClN2O4S2. The van der Waals surface area contributed by atoms with Gasteiger partial charge in [-0.2, -0.15) is 4.31 Å². The first-order valence-corrected chi connectivity index (χ1v) is 12.0. The summed E-state index contributed by atoms with van der Waals surface area (Å²) in [5, 5.41) is 0.442. The molecule has 146 valence electrons. The molecule has 9 heteroatoms. The molecule has 1 N–H and O–H groups in total. The van der Waals surface area contributed by atoms with Crippen molar-refractivity contribution in [3.8, 4) is 0 Å². The second-order valence-corrected chi connectivity index (χ2v) is 10.5. The van der Waals surface area contributed by atoms with Gasteiger partial charge in [-0.3, -0.25) is 4.72 Å². The Hall–Kier alpha value is -1.61. The number of hydrogen-bond donors (Lipinski definition) is 1. The molecule has 3 rings (SSSR count). The van der Waals surface area contributed by atoms with Gasteiger partial charge in [0.25, 0.3) is 10.0 Å². The van der Waals surface area contributed by atoms with Crippen LogP contribution in [0.2, 0.25) is 5.02 Å². The van der Waals surface area contributed by atoms with Crippen LogP contribution in [0.15, 0.2) is 58.3 Å². The van der Waals surface area contributed by atoms with Crippen molar-refractivity contribution >= 4 is 37.3 Å². The second-order valence-electron chi connectivity index (χ2n) is 6.40. The Labute approximate surface area is 165 Å². The van der Waals surface area contributed by atoms with Crippen LogP contribution in [-0.4, -0.2) is 34.2 Å². The van der Waals surface area contributed by atoms with E-state index in [1.54, 1.807) is 0 Å². The van der Waals surface area contributed by atoms with Gasteiger partial charge in [-0.25, -0.2) is 16.8 Å². The largest absolute Gasteiger partial charge is 0.280 e. The monoisotopic (exact) mass is 428 g/mol. The highest BCUT2D eigenvalue weighted by molar-refractivity contribution is 7.92. The smallest absolute Gasteiger partial charge is 0.261 e. The zero-order valence-corrected chi connectivity index (χ0v) is 17.0. The van der Waals surface area contributed by atoms with E-state index < -0.39 is 20.0 Å². The summed E-state index contributed by atoms with van der Waals surface area (Å²) in [6, 6.07) is 11.6. The Morgan fingerprint density at radius 2 is 1.26 bits per heavy atom. The van der Waals surface area contributed by atoms with Crippen molar-refractivity contribution in [3.63, 3.8) is 0 Å². The average molecular weight is 429 g/mol. The first-order valence-electron chi connectivity index (χ1n) is 8.68. The molecule has 2 aromatic rings. The highest BCUT2D eigenvalue weighted by Crippen LogP contribution is 2.23. The number of nitrogens with one attached hydrogen (secondary N) is 1. The zero-order valence-electron chi connectivity index (χ0n) is 14.6. The molecule has 1 fully saturated rings. The van der Waals surface area contributed by atoms with E-state index >= 15 is 0 Å². The summed E-state index contributed by atoms with van der Waals surface area (Å²) in [5.41, 5.74) is 0.291. The highest BCUT2D eigenvalue weighted by atomic mass is 35.5. The van der Waals surface area contributed by atoms with Crippen LogP contribution in [0, 0.1) is 0 Å². The van der Waals surface area contributed by atoms with Crippen molar-refractivity contribution in [2.45, 2.75) is 35.5 Å². The van der Waals surface area contributed by atoms with Crippen LogP contribution in [0.1, 0.15) is 25.7 Å². The van der Waals surface area contributed by atoms with Gasteiger partial charge in [0.2, 0.25) is 10.0 Å². The summed E-state index contributed by atoms with van der Waals surface area (Å²) < 4.78 is 54.3. The quantitative estimate of drug-likeness (QED) is 0.786. The lowest BCUT2D eigenvalue weighted by Crippen LogP contribution is -2.31. The lowest BCUT2D eigenvalue weighted by atomic mass is 10.2. The topological polar surface area (TPSA) is 83.5 Å². The van der Waals surface area contributed by atoms with Crippen molar-refractivity contribution in [1.29, 1.82) is 0 Å². The van der Waals surface area contributed by atoms with Crippen LogP contribution in [-0.2, 0) is 20.0 Å². The summed E-state index contributed by atoms with van der Waals surface area (Å²) in [5.74, 6) is 0. The molecule has 0 unspecified atom stereocenters. The van der Waals surface area contributed by atoms with Gasteiger partial charge in [-0.05, 0) is 61.4 Å². The molecule has 0 spiro atoms. The molecule has 1 aliphatic rings. The van der Waals surface area contributed by atoms with E-state index in [0.717, 1.165) is 25.7 Å². The summed E-state index contributed by atoms with van der Waals surface area (Å²) >= 11 is 5.78. The summed E-state index contributed by atoms with van der Waals surface area (Å²) in [7, 11) is -7.33. The van der Waals surface area contributed by atoms with Crippen molar-refractivity contribution < 1.29 is 16.8 Å². The molecule has 0 saturated carbocycles. The first-order chi connectivity index (χ1) is 12.8. The van der Waals surface area contributed by atoms with Crippen LogP contribution in [0.5, 0.6) is 0 Å². The first kappa shape index (κ1) is 20.1. The van der Waals surface area contributed by atoms with Gasteiger partial charge in [0.15, 0.2) is 0 Å². The molecule has 0 aromatic heterocycles. The normalized spacial score (nSPS) is 16.6. The number of anilines is 1. The van der Waals surface area contributed by atoms with Gasteiger partial charge in [-0.15, -0.1) is 0 Å². The van der Waals surface area contributed by atoms with E-state index in [1.165, 1.54) is 52.8 Å². The number of sulfonamides is 2. The number of hydrogen-bond acceptors (Lipinski definition) is 4.